The van der Waals surface area contributed by atoms with Gasteiger partial charge in [-0.05, 0) is 26.7 Å². The number of imide groups is 1. The minimum absolute atomic E-state index is 0.0261. The third-order valence-electron chi connectivity index (χ3n) is 3.42. The summed E-state index contributed by atoms with van der Waals surface area (Å²) in [5, 5.41) is 0. The molecule has 0 aromatic carbocycles. The molecule has 0 saturated carbocycles. The monoisotopic (exact) mass is 212 g/mol. The van der Waals surface area contributed by atoms with Gasteiger partial charge in [-0.15, -0.1) is 0 Å². The maximum atomic E-state index is 12.2. The van der Waals surface area contributed by atoms with E-state index in [-0.39, 0.29) is 11.9 Å². The zero-order chi connectivity index (χ0) is 11.6. The highest BCUT2D eigenvalue weighted by atomic mass is 16.2. The fourth-order valence-corrected chi connectivity index (χ4v) is 2.43. The first-order valence-electron chi connectivity index (χ1n) is 5.72. The van der Waals surface area contributed by atoms with Crippen molar-refractivity contribution < 1.29 is 9.59 Å². The summed E-state index contributed by atoms with van der Waals surface area (Å²) in [5.74, 6) is -0.0261. The summed E-state index contributed by atoms with van der Waals surface area (Å²) in [5.41, 5.74) is -0.582. The van der Waals surface area contributed by atoms with Crippen molar-refractivity contribution in [3.63, 3.8) is 0 Å². The predicted molar refractivity (Wildman–Crippen MR) is 58.5 cm³/mol. The zero-order valence-corrected chi connectivity index (χ0v) is 10.0. The summed E-state index contributed by atoms with van der Waals surface area (Å²) in [6, 6.07) is -0.131. The van der Waals surface area contributed by atoms with Crippen LogP contribution in [0, 0.1) is 0 Å². The molecule has 1 rings (SSSR count). The zero-order valence-electron chi connectivity index (χ0n) is 10.0. The maximum Gasteiger partial charge on any atom is 0.327 e. The number of carbonyl (C=O) groups is 2. The Morgan fingerprint density at radius 2 is 1.53 bits per heavy atom. The third kappa shape index (κ3) is 1.43. The molecule has 0 radical (unpaired) electrons. The molecule has 15 heavy (non-hydrogen) atoms. The molecule has 0 N–H and O–H groups in total. The number of carbonyl (C=O) groups excluding carboxylic acids is 2. The number of urea groups is 1. The lowest BCUT2D eigenvalue weighted by molar-refractivity contribution is -0.133. The van der Waals surface area contributed by atoms with Crippen LogP contribution >= 0.6 is 0 Å². The number of likely N-dealkylation sites (N-methyl/N-ethyl adjacent to an activating group) is 2. The first-order valence-corrected chi connectivity index (χ1v) is 5.72. The molecule has 0 aliphatic carbocycles. The normalized spacial score (nSPS) is 20.3. The van der Waals surface area contributed by atoms with Crippen LogP contribution in [0.1, 0.15) is 40.5 Å². The van der Waals surface area contributed by atoms with Gasteiger partial charge >= 0.3 is 6.03 Å². The number of nitrogens with zero attached hydrogens (tertiary/aromatic N) is 2. The van der Waals surface area contributed by atoms with Crippen molar-refractivity contribution in [2.75, 3.05) is 13.1 Å². The van der Waals surface area contributed by atoms with Crippen molar-refractivity contribution >= 4 is 11.9 Å². The third-order valence-corrected chi connectivity index (χ3v) is 3.42. The molecule has 1 aliphatic heterocycles. The Labute approximate surface area is 91.2 Å². The Hall–Kier alpha value is -1.06. The molecular weight excluding hydrogens is 192 g/mol. The number of amides is 3. The Bertz CT molecular complexity index is 272. The minimum Gasteiger partial charge on any atom is -0.310 e. The molecule has 1 heterocycles. The number of hydrogen-bond donors (Lipinski definition) is 0. The fourth-order valence-electron chi connectivity index (χ4n) is 2.43. The van der Waals surface area contributed by atoms with Gasteiger partial charge in [0.2, 0.25) is 0 Å². The van der Waals surface area contributed by atoms with Gasteiger partial charge in [-0.2, -0.15) is 0 Å². The molecule has 0 bridgehead atoms. The van der Waals surface area contributed by atoms with Crippen LogP contribution < -0.4 is 0 Å². The van der Waals surface area contributed by atoms with E-state index >= 15 is 0 Å². The van der Waals surface area contributed by atoms with Gasteiger partial charge in [0.05, 0.1) is 0 Å². The highest BCUT2D eigenvalue weighted by molar-refractivity contribution is 6.06. The lowest BCUT2D eigenvalue weighted by Crippen LogP contribution is -2.48. The summed E-state index contributed by atoms with van der Waals surface area (Å²) < 4.78 is 0. The molecule has 1 saturated heterocycles. The highest BCUT2D eigenvalue weighted by Gasteiger charge is 2.53. The molecule has 86 valence electrons. The second kappa shape index (κ2) is 4.21. The van der Waals surface area contributed by atoms with E-state index in [1.165, 1.54) is 4.90 Å². The van der Waals surface area contributed by atoms with Gasteiger partial charge in [-0.1, -0.05) is 13.8 Å². The van der Waals surface area contributed by atoms with Crippen LogP contribution in [0.3, 0.4) is 0 Å². The molecular formula is C11H20N2O2. The van der Waals surface area contributed by atoms with Gasteiger partial charge in [-0.3, -0.25) is 9.69 Å². The summed E-state index contributed by atoms with van der Waals surface area (Å²) >= 11 is 0. The van der Waals surface area contributed by atoms with E-state index in [1.54, 1.807) is 4.90 Å². The van der Waals surface area contributed by atoms with E-state index in [1.807, 2.05) is 27.7 Å². The van der Waals surface area contributed by atoms with Crippen LogP contribution in [-0.2, 0) is 4.79 Å². The molecule has 1 aliphatic rings. The van der Waals surface area contributed by atoms with Gasteiger partial charge in [0.15, 0.2) is 0 Å². The Morgan fingerprint density at radius 1 is 1.00 bits per heavy atom. The SMILES string of the molecule is CCN1C(=O)N(CC)C(CC)(CC)C1=O. The lowest BCUT2D eigenvalue weighted by atomic mass is 9.91. The smallest absolute Gasteiger partial charge is 0.310 e. The van der Waals surface area contributed by atoms with E-state index in [9.17, 15) is 9.59 Å². The van der Waals surface area contributed by atoms with Gasteiger partial charge in [0.1, 0.15) is 5.54 Å². The van der Waals surface area contributed by atoms with Crippen molar-refractivity contribution in [2.24, 2.45) is 0 Å². The molecule has 0 aromatic rings. The molecule has 0 aromatic heterocycles. The van der Waals surface area contributed by atoms with E-state index in [4.69, 9.17) is 0 Å². The summed E-state index contributed by atoms with van der Waals surface area (Å²) in [7, 11) is 0. The van der Waals surface area contributed by atoms with Crippen molar-refractivity contribution in [1.82, 2.24) is 9.80 Å². The predicted octanol–water partition coefficient (Wildman–Crippen LogP) is 1.85. The Kier molecular flexibility index (Phi) is 3.37. The van der Waals surface area contributed by atoms with Crippen LogP contribution in [0.5, 0.6) is 0 Å². The topological polar surface area (TPSA) is 40.6 Å². The van der Waals surface area contributed by atoms with Crippen LogP contribution in [-0.4, -0.2) is 40.4 Å². The van der Waals surface area contributed by atoms with Gasteiger partial charge in [-0.25, -0.2) is 4.79 Å². The lowest BCUT2D eigenvalue weighted by Gasteiger charge is -2.32. The molecule has 0 unspecified atom stereocenters. The van der Waals surface area contributed by atoms with Crippen LogP contribution in [0.25, 0.3) is 0 Å². The standard InChI is InChI=1S/C11H20N2O2/c1-5-11(6-2)9(14)12(7-3)10(15)13(11)8-4/h5-8H2,1-4H3. The largest absolute Gasteiger partial charge is 0.327 e. The first kappa shape index (κ1) is 12.0. The second-order valence-corrected chi connectivity index (χ2v) is 3.81. The quantitative estimate of drug-likeness (QED) is 0.667. The van der Waals surface area contributed by atoms with E-state index in [0.29, 0.717) is 25.9 Å². The van der Waals surface area contributed by atoms with Crippen molar-refractivity contribution in [3.8, 4) is 0 Å². The first-order chi connectivity index (χ1) is 7.08. The second-order valence-electron chi connectivity index (χ2n) is 3.81. The van der Waals surface area contributed by atoms with Gasteiger partial charge < -0.3 is 4.90 Å². The molecule has 0 spiro atoms. The van der Waals surface area contributed by atoms with Crippen LogP contribution in [0.2, 0.25) is 0 Å². The molecule has 4 heteroatoms. The summed E-state index contributed by atoms with van der Waals surface area (Å²) in [6.07, 6.45) is 1.39. The molecule has 0 atom stereocenters. The molecule has 1 fully saturated rings. The summed E-state index contributed by atoms with van der Waals surface area (Å²) in [6.45, 7) is 8.76. The van der Waals surface area contributed by atoms with E-state index in [0.717, 1.165) is 0 Å². The van der Waals surface area contributed by atoms with Gasteiger partial charge in [0, 0.05) is 13.1 Å². The number of hydrogen-bond acceptors (Lipinski definition) is 2. The Morgan fingerprint density at radius 3 is 1.80 bits per heavy atom. The highest BCUT2D eigenvalue weighted by Crippen LogP contribution is 2.33. The van der Waals surface area contributed by atoms with Crippen molar-refractivity contribution in [2.45, 2.75) is 46.1 Å². The summed E-state index contributed by atoms with van der Waals surface area (Å²) in [4.78, 5) is 27.2. The average Bonchev–Trinajstić information content (AvgIpc) is 2.46. The van der Waals surface area contributed by atoms with Gasteiger partial charge in [0.25, 0.3) is 5.91 Å². The van der Waals surface area contributed by atoms with E-state index in [2.05, 4.69) is 0 Å². The van der Waals surface area contributed by atoms with Crippen LogP contribution in [0.4, 0.5) is 4.79 Å². The van der Waals surface area contributed by atoms with E-state index < -0.39 is 5.54 Å². The van der Waals surface area contributed by atoms with Crippen LogP contribution in [0.15, 0.2) is 0 Å². The average molecular weight is 212 g/mol. The molecule has 3 amide bonds. The maximum absolute atomic E-state index is 12.2. The minimum atomic E-state index is -0.582. The Balaban J connectivity index is 3.15. The van der Waals surface area contributed by atoms with Crippen molar-refractivity contribution in [1.29, 1.82) is 0 Å². The molecule has 4 nitrogen and oxygen atoms in total. The fraction of sp³-hybridized carbons (Fsp3) is 0.818. The van der Waals surface area contributed by atoms with Crippen molar-refractivity contribution in [3.05, 3.63) is 0 Å². The number of rotatable bonds is 4.